The summed E-state index contributed by atoms with van der Waals surface area (Å²) in [6.45, 7) is 0.845. The number of carbonyl (C=O) groups excluding carboxylic acids is 1. The Morgan fingerprint density at radius 2 is 1.91 bits per heavy atom. The first kappa shape index (κ1) is 16.9. The van der Waals surface area contributed by atoms with Gasteiger partial charge in [0.25, 0.3) is 0 Å². The number of nitrogens with one attached hydrogen (secondary N) is 1. The van der Waals surface area contributed by atoms with Crippen molar-refractivity contribution in [2.45, 2.75) is 57.8 Å². The van der Waals surface area contributed by atoms with Crippen LogP contribution in [0, 0.1) is 5.92 Å². The molecule has 1 aromatic rings. The summed E-state index contributed by atoms with van der Waals surface area (Å²) in [4.78, 5) is 11.8. The molecule has 22 heavy (non-hydrogen) atoms. The summed E-state index contributed by atoms with van der Waals surface area (Å²) in [6.07, 6.45) is 10.5. The summed E-state index contributed by atoms with van der Waals surface area (Å²) in [7, 11) is 1.67. The van der Waals surface area contributed by atoms with Gasteiger partial charge < -0.3 is 10.1 Å². The maximum atomic E-state index is 11.8. The predicted molar refractivity (Wildman–Crippen MR) is 90.1 cm³/mol. The molecule has 0 aliphatic heterocycles. The van der Waals surface area contributed by atoms with Crippen molar-refractivity contribution in [1.29, 1.82) is 0 Å². The van der Waals surface area contributed by atoms with Gasteiger partial charge in [0.1, 0.15) is 5.75 Å². The molecule has 1 amide bonds. The highest BCUT2D eigenvalue weighted by Gasteiger charge is 2.14. The van der Waals surface area contributed by atoms with Gasteiger partial charge in [-0.25, -0.2) is 0 Å². The Morgan fingerprint density at radius 1 is 1.18 bits per heavy atom. The Morgan fingerprint density at radius 3 is 2.59 bits per heavy atom. The Kier molecular flexibility index (Phi) is 7.27. The van der Waals surface area contributed by atoms with Crippen LogP contribution in [0.1, 0.15) is 56.9 Å². The second kappa shape index (κ2) is 9.50. The lowest BCUT2D eigenvalue weighted by molar-refractivity contribution is -0.121. The average Bonchev–Trinajstić information content (AvgIpc) is 3.06. The van der Waals surface area contributed by atoms with Crippen molar-refractivity contribution in [1.82, 2.24) is 5.32 Å². The molecule has 0 bridgehead atoms. The molecule has 2 rings (SSSR count). The second-order valence-corrected chi connectivity index (χ2v) is 6.34. The number of ether oxygens (including phenoxy) is 1. The Hall–Kier alpha value is -1.51. The van der Waals surface area contributed by atoms with Crippen LogP contribution in [-0.4, -0.2) is 19.6 Å². The van der Waals surface area contributed by atoms with Crippen molar-refractivity contribution in [2.75, 3.05) is 13.7 Å². The number of amides is 1. The number of hydrogen-bond donors (Lipinski definition) is 1. The van der Waals surface area contributed by atoms with E-state index in [-0.39, 0.29) is 5.91 Å². The molecule has 1 aliphatic carbocycles. The molecule has 0 radical (unpaired) electrons. The van der Waals surface area contributed by atoms with Crippen molar-refractivity contribution < 1.29 is 9.53 Å². The zero-order valence-corrected chi connectivity index (χ0v) is 13.8. The van der Waals surface area contributed by atoms with Crippen molar-refractivity contribution in [3.8, 4) is 5.75 Å². The largest absolute Gasteiger partial charge is 0.497 e. The molecule has 3 heteroatoms. The number of hydrogen-bond acceptors (Lipinski definition) is 2. The molecule has 1 fully saturated rings. The fourth-order valence-corrected chi connectivity index (χ4v) is 3.25. The lowest BCUT2D eigenvalue weighted by Crippen LogP contribution is -2.24. The van der Waals surface area contributed by atoms with Crippen molar-refractivity contribution >= 4 is 5.91 Å². The molecule has 1 N–H and O–H groups in total. The molecular formula is C19H29NO2. The van der Waals surface area contributed by atoms with E-state index in [4.69, 9.17) is 4.74 Å². The van der Waals surface area contributed by atoms with E-state index in [1.54, 1.807) is 7.11 Å². The third kappa shape index (κ3) is 6.08. The fourth-order valence-electron chi connectivity index (χ4n) is 3.25. The zero-order valence-electron chi connectivity index (χ0n) is 13.8. The van der Waals surface area contributed by atoms with E-state index in [2.05, 4.69) is 17.4 Å². The first-order chi connectivity index (χ1) is 10.8. The van der Waals surface area contributed by atoms with E-state index in [1.807, 2.05) is 12.1 Å². The standard InChI is InChI=1S/C19H29NO2/c1-22-18-13-11-17(12-14-18)8-4-10-19(21)20-15-5-9-16-6-2-3-7-16/h11-14,16H,2-10,15H2,1H3,(H,20,21). The van der Waals surface area contributed by atoms with Gasteiger partial charge in [0, 0.05) is 13.0 Å². The van der Waals surface area contributed by atoms with Gasteiger partial charge in [0.15, 0.2) is 0 Å². The van der Waals surface area contributed by atoms with Crippen LogP contribution in [0.3, 0.4) is 0 Å². The number of benzene rings is 1. The monoisotopic (exact) mass is 303 g/mol. The zero-order chi connectivity index (χ0) is 15.6. The number of carbonyl (C=O) groups is 1. The predicted octanol–water partition coefficient (Wildman–Crippen LogP) is 4.10. The molecule has 0 saturated heterocycles. The van der Waals surface area contributed by atoms with Gasteiger partial charge in [-0.1, -0.05) is 37.8 Å². The van der Waals surface area contributed by atoms with E-state index in [9.17, 15) is 4.79 Å². The molecule has 0 heterocycles. The second-order valence-electron chi connectivity index (χ2n) is 6.34. The highest BCUT2D eigenvalue weighted by molar-refractivity contribution is 5.75. The Labute approximate surface area is 134 Å². The smallest absolute Gasteiger partial charge is 0.220 e. The van der Waals surface area contributed by atoms with Gasteiger partial charge in [0.2, 0.25) is 5.91 Å². The lowest BCUT2D eigenvalue weighted by Gasteiger charge is -2.09. The molecule has 0 atom stereocenters. The molecule has 122 valence electrons. The molecule has 3 nitrogen and oxygen atoms in total. The Bertz CT molecular complexity index is 435. The molecule has 0 aromatic heterocycles. The van der Waals surface area contributed by atoms with E-state index in [1.165, 1.54) is 37.7 Å². The summed E-state index contributed by atoms with van der Waals surface area (Å²) in [5, 5.41) is 3.05. The molecular weight excluding hydrogens is 274 g/mol. The van der Waals surface area contributed by atoms with Gasteiger partial charge in [0.05, 0.1) is 7.11 Å². The van der Waals surface area contributed by atoms with Crippen LogP contribution in [0.2, 0.25) is 0 Å². The number of aryl methyl sites for hydroxylation is 1. The third-order valence-corrected chi connectivity index (χ3v) is 4.61. The van der Waals surface area contributed by atoms with Gasteiger partial charge in [-0.05, 0) is 49.3 Å². The summed E-state index contributed by atoms with van der Waals surface area (Å²) >= 11 is 0. The number of methoxy groups -OCH3 is 1. The van der Waals surface area contributed by atoms with Crippen LogP contribution >= 0.6 is 0 Å². The van der Waals surface area contributed by atoms with Crippen LogP contribution in [0.15, 0.2) is 24.3 Å². The highest BCUT2D eigenvalue weighted by Crippen LogP contribution is 2.28. The van der Waals surface area contributed by atoms with Crippen LogP contribution in [0.4, 0.5) is 0 Å². The average molecular weight is 303 g/mol. The molecule has 1 aromatic carbocycles. The van der Waals surface area contributed by atoms with Gasteiger partial charge in [-0.15, -0.1) is 0 Å². The van der Waals surface area contributed by atoms with Crippen LogP contribution in [-0.2, 0) is 11.2 Å². The molecule has 0 unspecified atom stereocenters. The fraction of sp³-hybridized carbons (Fsp3) is 0.632. The maximum Gasteiger partial charge on any atom is 0.220 e. The topological polar surface area (TPSA) is 38.3 Å². The highest BCUT2D eigenvalue weighted by atomic mass is 16.5. The number of rotatable bonds is 9. The SMILES string of the molecule is COc1ccc(CCCC(=O)NCCCC2CCCC2)cc1. The Balaban J connectivity index is 1.51. The van der Waals surface area contributed by atoms with E-state index in [0.717, 1.165) is 37.5 Å². The van der Waals surface area contributed by atoms with Crippen LogP contribution in [0.25, 0.3) is 0 Å². The van der Waals surface area contributed by atoms with E-state index >= 15 is 0 Å². The molecule has 1 aliphatic rings. The first-order valence-electron chi connectivity index (χ1n) is 8.67. The van der Waals surface area contributed by atoms with Gasteiger partial charge >= 0.3 is 0 Å². The van der Waals surface area contributed by atoms with E-state index in [0.29, 0.717) is 6.42 Å². The van der Waals surface area contributed by atoms with Crippen LogP contribution < -0.4 is 10.1 Å². The minimum Gasteiger partial charge on any atom is -0.497 e. The lowest BCUT2D eigenvalue weighted by atomic mass is 10.0. The van der Waals surface area contributed by atoms with Crippen LogP contribution in [0.5, 0.6) is 5.75 Å². The van der Waals surface area contributed by atoms with Crippen molar-refractivity contribution in [3.63, 3.8) is 0 Å². The van der Waals surface area contributed by atoms with Crippen molar-refractivity contribution in [3.05, 3.63) is 29.8 Å². The quantitative estimate of drug-likeness (QED) is 0.697. The molecule has 0 spiro atoms. The summed E-state index contributed by atoms with van der Waals surface area (Å²) in [6, 6.07) is 8.08. The summed E-state index contributed by atoms with van der Waals surface area (Å²) in [5.74, 6) is 2.00. The first-order valence-corrected chi connectivity index (χ1v) is 8.67. The normalized spacial score (nSPS) is 15.0. The minimum absolute atomic E-state index is 0.194. The van der Waals surface area contributed by atoms with Gasteiger partial charge in [-0.2, -0.15) is 0 Å². The third-order valence-electron chi connectivity index (χ3n) is 4.61. The summed E-state index contributed by atoms with van der Waals surface area (Å²) < 4.78 is 5.14. The molecule has 1 saturated carbocycles. The van der Waals surface area contributed by atoms with Crippen molar-refractivity contribution in [2.24, 2.45) is 5.92 Å². The maximum absolute atomic E-state index is 11.8. The van der Waals surface area contributed by atoms with E-state index < -0.39 is 0 Å². The summed E-state index contributed by atoms with van der Waals surface area (Å²) in [5.41, 5.74) is 1.26. The van der Waals surface area contributed by atoms with Gasteiger partial charge in [-0.3, -0.25) is 4.79 Å². The minimum atomic E-state index is 0.194.